The molecule has 162 valence electrons. The average Bonchev–Trinajstić information content (AvgIpc) is 2.66. The molecule has 0 saturated carbocycles. The molecule has 9 heteroatoms. The lowest BCUT2D eigenvalue weighted by Gasteiger charge is -2.18. The quantitative estimate of drug-likeness (QED) is 0.383. The van der Waals surface area contributed by atoms with Gasteiger partial charge in [0.25, 0.3) is 5.91 Å². The van der Waals surface area contributed by atoms with E-state index in [1.165, 1.54) is 32.0 Å². The highest BCUT2D eigenvalue weighted by Gasteiger charge is 2.35. The zero-order valence-electron chi connectivity index (χ0n) is 16.7. The molecule has 0 atom stereocenters. The molecule has 31 heavy (non-hydrogen) atoms. The smallest absolute Gasteiger partial charge is 0.416 e. The maximum atomic E-state index is 13.5. The first-order chi connectivity index (χ1) is 14.5. The van der Waals surface area contributed by atoms with Gasteiger partial charge in [0.1, 0.15) is 17.3 Å². The SMILES string of the molecule is Cc1cc(NC(=O)c2c(Oc3ccc(F)nc3C)ccc(C(F)(F)F)c2C)ccc1F. The molecule has 0 unspecified atom stereocenters. The molecule has 0 aliphatic rings. The first kappa shape index (κ1) is 22.2. The molecule has 1 aromatic heterocycles. The van der Waals surface area contributed by atoms with E-state index in [1.54, 1.807) is 0 Å². The van der Waals surface area contributed by atoms with Crippen molar-refractivity contribution in [2.45, 2.75) is 26.9 Å². The number of carbonyl (C=O) groups excluding carboxylic acids is 1. The maximum absolute atomic E-state index is 13.5. The standard InChI is InChI=1S/C22H17F5N2O2/c1-11-10-14(4-6-16(11)23)29-21(30)20-12(2)15(22(25,26)27)5-7-18(20)31-17-8-9-19(24)28-13(17)3/h4-10H,1-3H3,(H,29,30). The Bertz CT molecular complexity index is 1160. The Labute approximate surface area is 174 Å². The van der Waals surface area contributed by atoms with Crippen molar-refractivity contribution in [2.75, 3.05) is 5.32 Å². The third-order valence-corrected chi connectivity index (χ3v) is 4.60. The highest BCUT2D eigenvalue weighted by molar-refractivity contribution is 6.07. The van der Waals surface area contributed by atoms with Crippen molar-refractivity contribution in [1.29, 1.82) is 0 Å². The van der Waals surface area contributed by atoms with Gasteiger partial charge in [-0.25, -0.2) is 9.37 Å². The number of nitrogens with zero attached hydrogens (tertiary/aromatic N) is 1. The van der Waals surface area contributed by atoms with Gasteiger partial charge in [0.05, 0.1) is 16.8 Å². The van der Waals surface area contributed by atoms with Gasteiger partial charge >= 0.3 is 6.18 Å². The number of halogens is 5. The highest BCUT2D eigenvalue weighted by Crippen LogP contribution is 2.38. The number of alkyl halides is 3. The Morgan fingerprint density at radius 2 is 1.65 bits per heavy atom. The predicted molar refractivity (Wildman–Crippen MR) is 104 cm³/mol. The Balaban J connectivity index is 2.07. The molecular formula is C22H17F5N2O2. The number of benzene rings is 2. The number of anilines is 1. The van der Waals surface area contributed by atoms with E-state index in [4.69, 9.17) is 4.74 Å². The fraction of sp³-hybridized carbons (Fsp3) is 0.182. The summed E-state index contributed by atoms with van der Waals surface area (Å²) in [5.74, 6) is -2.21. The zero-order chi connectivity index (χ0) is 22.9. The summed E-state index contributed by atoms with van der Waals surface area (Å²) in [6.07, 6.45) is -4.70. The minimum absolute atomic E-state index is 0.0761. The van der Waals surface area contributed by atoms with E-state index in [0.29, 0.717) is 0 Å². The minimum atomic E-state index is -4.70. The minimum Gasteiger partial charge on any atom is -0.455 e. The lowest BCUT2D eigenvalue weighted by Crippen LogP contribution is -2.18. The molecule has 1 amide bonds. The van der Waals surface area contributed by atoms with Gasteiger partial charge in [-0.05, 0) is 74.4 Å². The molecule has 0 aliphatic heterocycles. The van der Waals surface area contributed by atoms with E-state index in [2.05, 4.69) is 10.3 Å². The van der Waals surface area contributed by atoms with Gasteiger partial charge in [-0.1, -0.05) is 0 Å². The van der Waals surface area contributed by atoms with E-state index >= 15 is 0 Å². The second kappa shape index (κ2) is 8.33. The van der Waals surface area contributed by atoms with Crippen molar-refractivity contribution in [3.8, 4) is 11.5 Å². The van der Waals surface area contributed by atoms with Crippen molar-refractivity contribution < 1.29 is 31.5 Å². The number of ether oxygens (including phenoxy) is 1. The molecule has 2 aromatic carbocycles. The van der Waals surface area contributed by atoms with Crippen LogP contribution in [0, 0.1) is 32.5 Å². The third kappa shape index (κ3) is 4.82. The van der Waals surface area contributed by atoms with Gasteiger partial charge in [0, 0.05) is 5.69 Å². The molecule has 0 spiro atoms. The van der Waals surface area contributed by atoms with Crippen molar-refractivity contribution in [3.05, 3.63) is 82.2 Å². The molecule has 0 saturated heterocycles. The summed E-state index contributed by atoms with van der Waals surface area (Å²) in [5, 5.41) is 2.47. The molecule has 3 aromatic rings. The Morgan fingerprint density at radius 3 is 2.26 bits per heavy atom. The Kier molecular flexibility index (Phi) is 5.97. The number of carbonyl (C=O) groups is 1. The predicted octanol–water partition coefficient (Wildman–Crippen LogP) is 6.35. The van der Waals surface area contributed by atoms with Crippen LogP contribution in [0.1, 0.15) is 32.7 Å². The number of hydrogen-bond donors (Lipinski definition) is 1. The number of rotatable bonds is 4. The van der Waals surface area contributed by atoms with Crippen LogP contribution in [0.2, 0.25) is 0 Å². The molecule has 3 rings (SSSR count). The summed E-state index contributed by atoms with van der Waals surface area (Å²) in [4.78, 5) is 16.5. The molecular weight excluding hydrogens is 419 g/mol. The Morgan fingerprint density at radius 1 is 0.968 bits per heavy atom. The topological polar surface area (TPSA) is 51.2 Å². The molecule has 0 aliphatic carbocycles. The second-order valence-electron chi connectivity index (χ2n) is 6.85. The van der Waals surface area contributed by atoms with Crippen LogP contribution < -0.4 is 10.1 Å². The van der Waals surface area contributed by atoms with E-state index in [-0.39, 0.29) is 39.6 Å². The first-order valence-electron chi connectivity index (χ1n) is 9.06. The normalized spacial score (nSPS) is 11.4. The molecule has 0 fully saturated rings. The summed E-state index contributed by atoms with van der Waals surface area (Å²) < 4.78 is 72.6. The summed E-state index contributed by atoms with van der Waals surface area (Å²) in [5.41, 5.74) is -1.11. The van der Waals surface area contributed by atoms with Crippen LogP contribution in [0.3, 0.4) is 0 Å². The van der Waals surface area contributed by atoms with Crippen LogP contribution in [-0.4, -0.2) is 10.9 Å². The summed E-state index contributed by atoms with van der Waals surface area (Å²) >= 11 is 0. The van der Waals surface area contributed by atoms with Crippen molar-refractivity contribution in [1.82, 2.24) is 4.98 Å². The third-order valence-electron chi connectivity index (χ3n) is 4.60. The van der Waals surface area contributed by atoms with Gasteiger partial charge < -0.3 is 10.1 Å². The summed E-state index contributed by atoms with van der Waals surface area (Å²) in [7, 11) is 0. The average molecular weight is 436 g/mol. The van der Waals surface area contributed by atoms with E-state index < -0.39 is 29.4 Å². The van der Waals surface area contributed by atoms with E-state index in [0.717, 1.165) is 31.2 Å². The molecule has 0 radical (unpaired) electrons. The van der Waals surface area contributed by atoms with Crippen LogP contribution in [0.25, 0.3) is 0 Å². The second-order valence-corrected chi connectivity index (χ2v) is 6.85. The molecule has 0 bridgehead atoms. The number of aromatic nitrogens is 1. The maximum Gasteiger partial charge on any atom is 0.416 e. The van der Waals surface area contributed by atoms with Gasteiger partial charge in [-0.15, -0.1) is 0 Å². The van der Waals surface area contributed by atoms with Gasteiger partial charge in [-0.3, -0.25) is 4.79 Å². The summed E-state index contributed by atoms with van der Waals surface area (Å²) in [6, 6.07) is 7.88. The molecule has 1 N–H and O–H groups in total. The van der Waals surface area contributed by atoms with Crippen LogP contribution in [0.4, 0.5) is 27.6 Å². The number of nitrogens with one attached hydrogen (secondary N) is 1. The highest BCUT2D eigenvalue weighted by atomic mass is 19.4. The van der Waals surface area contributed by atoms with Gasteiger partial charge in [0.15, 0.2) is 0 Å². The number of aryl methyl sites for hydroxylation is 2. The number of pyridine rings is 1. The number of hydrogen-bond acceptors (Lipinski definition) is 3. The van der Waals surface area contributed by atoms with Crippen molar-refractivity contribution in [3.63, 3.8) is 0 Å². The van der Waals surface area contributed by atoms with Gasteiger partial charge in [0.2, 0.25) is 5.95 Å². The largest absolute Gasteiger partial charge is 0.455 e. The van der Waals surface area contributed by atoms with Crippen molar-refractivity contribution >= 4 is 11.6 Å². The lowest BCUT2D eigenvalue weighted by atomic mass is 9.99. The monoisotopic (exact) mass is 436 g/mol. The van der Waals surface area contributed by atoms with Crippen LogP contribution in [-0.2, 0) is 6.18 Å². The first-order valence-corrected chi connectivity index (χ1v) is 9.06. The van der Waals surface area contributed by atoms with Crippen LogP contribution >= 0.6 is 0 Å². The van der Waals surface area contributed by atoms with E-state index in [1.807, 2.05) is 0 Å². The lowest BCUT2D eigenvalue weighted by molar-refractivity contribution is -0.138. The molecule has 4 nitrogen and oxygen atoms in total. The fourth-order valence-corrected chi connectivity index (χ4v) is 3.02. The number of amides is 1. The van der Waals surface area contributed by atoms with E-state index in [9.17, 15) is 26.7 Å². The Hall–Kier alpha value is -3.49. The van der Waals surface area contributed by atoms with Crippen molar-refractivity contribution in [2.24, 2.45) is 0 Å². The van der Waals surface area contributed by atoms with Gasteiger partial charge in [-0.2, -0.15) is 17.6 Å². The molecule has 1 heterocycles. The van der Waals surface area contributed by atoms with Crippen LogP contribution in [0.15, 0.2) is 42.5 Å². The summed E-state index contributed by atoms with van der Waals surface area (Å²) in [6.45, 7) is 4.09. The zero-order valence-corrected chi connectivity index (χ0v) is 16.7. The van der Waals surface area contributed by atoms with Crippen LogP contribution in [0.5, 0.6) is 11.5 Å². The fourth-order valence-electron chi connectivity index (χ4n) is 3.02.